The van der Waals surface area contributed by atoms with Crippen LogP contribution in [-0.4, -0.2) is 16.0 Å². The van der Waals surface area contributed by atoms with Crippen molar-refractivity contribution in [1.82, 2.24) is 9.47 Å². The van der Waals surface area contributed by atoms with Crippen LogP contribution in [0.3, 0.4) is 0 Å². The quantitative estimate of drug-likeness (QED) is 0.617. The summed E-state index contributed by atoms with van der Waals surface area (Å²) in [5.74, 6) is 0. The Morgan fingerprint density at radius 3 is 2.54 bits per heavy atom. The van der Waals surface area contributed by atoms with E-state index in [0.29, 0.717) is 6.04 Å². The van der Waals surface area contributed by atoms with Crippen molar-refractivity contribution < 1.29 is 0 Å². The topological polar surface area (TPSA) is 8.17 Å². The van der Waals surface area contributed by atoms with Crippen molar-refractivity contribution in [1.29, 1.82) is 0 Å². The van der Waals surface area contributed by atoms with Gasteiger partial charge in [0.1, 0.15) is 0 Å². The lowest BCUT2D eigenvalue weighted by molar-refractivity contribution is 0.219. The standard InChI is InChI=1S/C24H28N2/c1-18-11-12-21(20(3)16-18)17-26-15-7-14-25-13-6-10-23(25)24(26)22-9-5-4-8-19(22)2/h4-6,8-13,16,24H,7,14-15,17H2,1-3H3/t24-/m1/s1. The SMILES string of the molecule is Cc1ccc(CN2CCCn3cccc3[C@H]2c2ccccc2C)c(C)c1. The lowest BCUT2D eigenvalue weighted by atomic mass is 9.96. The molecule has 0 spiro atoms. The van der Waals surface area contributed by atoms with Crippen LogP contribution >= 0.6 is 0 Å². The van der Waals surface area contributed by atoms with Gasteiger partial charge in [-0.25, -0.2) is 0 Å². The van der Waals surface area contributed by atoms with Gasteiger partial charge in [-0.15, -0.1) is 0 Å². The molecule has 1 aliphatic rings. The van der Waals surface area contributed by atoms with Crippen molar-refractivity contribution in [3.05, 3.63) is 94.3 Å². The van der Waals surface area contributed by atoms with Gasteiger partial charge in [-0.1, -0.05) is 48.0 Å². The minimum absolute atomic E-state index is 0.314. The molecule has 1 atom stereocenters. The van der Waals surface area contributed by atoms with Gasteiger partial charge in [0, 0.05) is 31.5 Å². The van der Waals surface area contributed by atoms with E-state index in [9.17, 15) is 0 Å². The molecule has 0 bridgehead atoms. The molecule has 2 heteroatoms. The summed E-state index contributed by atoms with van der Waals surface area (Å²) in [5.41, 5.74) is 8.40. The Hall–Kier alpha value is -2.32. The van der Waals surface area contributed by atoms with Gasteiger partial charge in [0.15, 0.2) is 0 Å². The van der Waals surface area contributed by atoms with Gasteiger partial charge >= 0.3 is 0 Å². The summed E-state index contributed by atoms with van der Waals surface area (Å²) >= 11 is 0. The molecule has 0 amide bonds. The van der Waals surface area contributed by atoms with Gasteiger partial charge in [-0.05, 0) is 61.6 Å². The number of hydrogen-bond donors (Lipinski definition) is 0. The van der Waals surface area contributed by atoms with Crippen LogP contribution in [0.25, 0.3) is 0 Å². The van der Waals surface area contributed by atoms with E-state index in [0.717, 1.165) is 19.6 Å². The Morgan fingerprint density at radius 2 is 1.73 bits per heavy atom. The van der Waals surface area contributed by atoms with Crippen molar-refractivity contribution in [3.8, 4) is 0 Å². The van der Waals surface area contributed by atoms with Crippen LogP contribution < -0.4 is 0 Å². The maximum absolute atomic E-state index is 2.67. The van der Waals surface area contributed by atoms with Crippen LogP contribution in [0.1, 0.15) is 46.0 Å². The minimum atomic E-state index is 0.314. The third kappa shape index (κ3) is 3.22. The molecule has 0 fully saturated rings. The van der Waals surface area contributed by atoms with E-state index in [-0.39, 0.29) is 0 Å². The third-order valence-electron chi connectivity index (χ3n) is 5.71. The summed E-state index contributed by atoms with van der Waals surface area (Å²) in [5, 5.41) is 0. The summed E-state index contributed by atoms with van der Waals surface area (Å²) < 4.78 is 2.44. The molecule has 0 unspecified atom stereocenters. The normalized spacial score (nSPS) is 17.7. The molecule has 26 heavy (non-hydrogen) atoms. The van der Waals surface area contributed by atoms with Gasteiger partial charge in [-0.3, -0.25) is 4.90 Å². The van der Waals surface area contributed by atoms with E-state index >= 15 is 0 Å². The first kappa shape index (κ1) is 17.1. The highest BCUT2D eigenvalue weighted by atomic mass is 15.2. The smallest absolute Gasteiger partial charge is 0.0761 e. The molecule has 0 aliphatic carbocycles. The highest BCUT2D eigenvalue weighted by Gasteiger charge is 2.28. The molecule has 0 saturated heterocycles. The lowest BCUT2D eigenvalue weighted by Crippen LogP contribution is -2.30. The van der Waals surface area contributed by atoms with E-state index < -0.39 is 0 Å². The number of nitrogens with zero attached hydrogens (tertiary/aromatic N) is 2. The molecule has 0 saturated carbocycles. The zero-order valence-corrected chi connectivity index (χ0v) is 16.1. The van der Waals surface area contributed by atoms with Gasteiger partial charge < -0.3 is 4.57 Å². The molecule has 0 N–H and O–H groups in total. The average Bonchev–Trinajstić information content (AvgIpc) is 3.00. The number of aryl methyl sites for hydroxylation is 4. The first-order valence-corrected chi connectivity index (χ1v) is 9.64. The van der Waals surface area contributed by atoms with Gasteiger partial charge in [0.05, 0.1) is 6.04 Å². The van der Waals surface area contributed by atoms with Crippen molar-refractivity contribution in [2.75, 3.05) is 6.54 Å². The zero-order valence-electron chi connectivity index (χ0n) is 16.1. The van der Waals surface area contributed by atoms with E-state index in [4.69, 9.17) is 0 Å². The lowest BCUT2D eigenvalue weighted by Gasteiger charge is -2.32. The number of benzene rings is 2. The molecule has 2 heterocycles. The fraction of sp³-hybridized carbons (Fsp3) is 0.333. The summed E-state index contributed by atoms with van der Waals surface area (Å²) in [6, 6.07) is 20.5. The van der Waals surface area contributed by atoms with Crippen LogP contribution in [0.15, 0.2) is 60.8 Å². The fourth-order valence-electron chi connectivity index (χ4n) is 4.30. The zero-order chi connectivity index (χ0) is 18.1. The first-order chi connectivity index (χ1) is 12.6. The van der Waals surface area contributed by atoms with E-state index in [1.54, 1.807) is 0 Å². The van der Waals surface area contributed by atoms with E-state index in [1.807, 2.05) is 0 Å². The molecule has 1 aromatic heterocycles. The second-order valence-electron chi connectivity index (χ2n) is 7.64. The predicted octanol–water partition coefficient (Wildman–Crippen LogP) is 5.41. The molecule has 4 rings (SSSR count). The second-order valence-corrected chi connectivity index (χ2v) is 7.64. The molecule has 134 valence electrons. The van der Waals surface area contributed by atoms with Gasteiger partial charge in [0.2, 0.25) is 0 Å². The average molecular weight is 345 g/mol. The maximum Gasteiger partial charge on any atom is 0.0761 e. The molecular weight excluding hydrogens is 316 g/mol. The number of rotatable bonds is 3. The van der Waals surface area contributed by atoms with E-state index in [2.05, 4.69) is 91.0 Å². The highest BCUT2D eigenvalue weighted by Crippen LogP contribution is 2.34. The number of aromatic nitrogens is 1. The predicted molar refractivity (Wildman–Crippen MR) is 108 cm³/mol. The maximum atomic E-state index is 2.67. The van der Waals surface area contributed by atoms with Crippen LogP contribution in [0.4, 0.5) is 0 Å². The third-order valence-corrected chi connectivity index (χ3v) is 5.71. The Balaban J connectivity index is 1.77. The van der Waals surface area contributed by atoms with Crippen LogP contribution in [0, 0.1) is 20.8 Å². The molecule has 2 nitrogen and oxygen atoms in total. The minimum Gasteiger partial charge on any atom is -0.350 e. The molecule has 0 radical (unpaired) electrons. The molecular formula is C24H28N2. The van der Waals surface area contributed by atoms with Crippen molar-refractivity contribution in [2.45, 2.75) is 46.3 Å². The first-order valence-electron chi connectivity index (χ1n) is 9.64. The summed E-state index contributed by atoms with van der Waals surface area (Å²) in [4.78, 5) is 2.67. The molecule has 2 aromatic carbocycles. The monoisotopic (exact) mass is 344 g/mol. The van der Waals surface area contributed by atoms with Crippen LogP contribution in [0.5, 0.6) is 0 Å². The van der Waals surface area contributed by atoms with Crippen molar-refractivity contribution >= 4 is 0 Å². The highest BCUT2D eigenvalue weighted by molar-refractivity contribution is 5.36. The van der Waals surface area contributed by atoms with Crippen LogP contribution in [0.2, 0.25) is 0 Å². The fourth-order valence-corrected chi connectivity index (χ4v) is 4.30. The Kier molecular flexibility index (Phi) is 4.69. The van der Waals surface area contributed by atoms with Crippen molar-refractivity contribution in [3.63, 3.8) is 0 Å². The number of fused-ring (bicyclic) bond motifs is 1. The van der Waals surface area contributed by atoms with Gasteiger partial charge in [0.25, 0.3) is 0 Å². The Morgan fingerprint density at radius 1 is 0.885 bits per heavy atom. The van der Waals surface area contributed by atoms with Crippen molar-refractivity contribution in [2.24, 2.45) is 0 Å². The summed E-state index contributed by atoms with van der Waals surface area (Å²) in [6.45, 7) is 9.87. The molecule has 1 aliphatic heterocycles. The van der Waals surface area contributed by atoms with Crippen LogP contribution in [-0.2, 0) is 13.1 Å². The largest absolute Gasteiger partial charge is 0.350 e. The van der Waals surface area contributed by atoms with E-state index in [1.165, 1.54) is 39.9 Å². The summed E-state index contributed by atoms with van der Waals surface area (Å²) in [6.07, 6.45) is 3.43. The summed E-state index contributed by atoms with van der Waals surface area (Å²) in [7, 11) is 0. The Labute approximate surface area is 157 Å². The second kappa shape index (κ2) is 7.13. The Bertz CT molecular complexity index is 906. The van der Waals surface area contributed by atoms with Gasteiger partial charge in [-0.2, -0.15) is 0 Å². The number of hydrogen-bond acceptors (Lipinski definition) is 1. The molecule has 3 aromatic rings.